The van der Waals surface area contributed by atoms with Crippen molar-refractivity contribution in [2.45, 2.75) is 110 Å². The molecule has 1 aliphatic carbocycles. The van der Waals surface area contributed by atoms with Gasteiger partial charge < -0.3 is 19.9 Å². The molecule has 234 valence electrons. The Balaban J connectivity index is 1.58. The number of aryl methyl sites for hydroxylation is 1. The van der Waals surface area contributed by atoms with Crippen LogP contribution < -0.4 is 5.73 Å². The quantitative estimate of drug-likeness (QED) is 0.228. The van der Waals surface area contributed by atoms with Crippen LogP contribution in [0, 0.1) is 5.82 Å². The number of hydrogen-bond donors (Lipinski definition) is 1. The van der Waals surface area contributed by atoms with Crippen molar-refractivity contribution in [3.05, 3.63) is 88.0 Å². The highest BCUT2D eigenvalue weighted by atomic mass is 19.1. The number of aromatic nitrogens is 1. The minimum absolute atomic E-state index is 0.141. The number of carbonyl (C=O) groups excluding carboxylic acids is 1. The van der Waals surface area contributed by atoms with Gasteiger partial charge >= 0.3 is 5.97 Å². The van der Waals surface area contributed by atoms with Gasteiger partial charge in [0, 0.05) is 29.8 Å². The number of hydrogen-bond acceptors (Lipinski definition) is 6. The lowest BCUT2D eigenvalue weighted by atomic mass is 9.86. The predicted octanol–water partition coefficient (Wildman–Crippen LogP) is 7.94. The molecule has 3 aromatic rings. The van der Waals surface area contributed by atoms with E-state index in [1.165, 1.54) is 23.3 Å². The number of fused-ring (bicyclic) bond motifs is 2. The van der Waals surface area contributed by atoms with E-state index in [4.69, 9.17) is 24.9 Å². The second-order valence-electron chi connectivity index (χ2n) is 13.7. The minimum atomic E-state index is -0.879. The molecule has 1 saturated heterocycles. The molecule has 0 amide bonds. The van der Waals surface area contributed by atoms with Crippen LogP contribution in [0.25, 0.3) is 17.2 Å². The van der Waals surface area contributed by atoms with E-state index in [0.717, 1.165) is 52.2 Å². The lowest BCUT2D eigenvalue weighted by Gasteiger charge is -2.40. The summed E-state index contributed by atoms with van der Waals surface area (Å²) in [4.78, 5) is 17.9. The molecule has 6 nitrogen and oxygen atoms in total. The van der Waals surface area contributed by atoms with Crippen molar-refractivity contribution in [3.63, 3.8) is 0 Å². The van der Waals surface area contributed by atoms with Crippen molar-refractivity contribution >= 4 is 17.7 Å². The zero-order chi connectivity index (χ0) is 31.8. The molecule has 1 aromatic heterocycles. The van der Waals surface area contributed by atoms with Gasteiger partial charge in [-0.05, 0) is 99.4 Å². The third kappa shape index (κ3) is 7.39. The molecule has 0 radical (unpaired) electrons. The average molecular weight is 601 g/mol. The highest BCUT2D eigenvalue weighted by Crippen LogP contribution is 2.40. The topological polar surface area (TPSA) is 83.7 Å². The average Bonchev–Trinajstić information content (AvgIpc) is 3.09. The molecular formula is C37H45FN2O4. The van der Waals surface area contributed by atoms with Gasteiger partial charge in [-0.1, -0.05) is 50.3 Å². The van der Waals surface area contributed by atoms with Crippen molar-refractivity contribution in [1.82, 2.24) is 4.98 Å². The maximum absolute atomic E-state index is 14.1. The summed E-state index contributed by atoms with van der Waals surface area (Å²) < 4.78 is 32.1. The van der Waals surface area contributed by atoms with E-state index in [-0.39, 0.29) is 36.3 Å². The first kappa shape index (κ1) is 31.9. The summed E-state index contributed by atoms with van der Waals surface area (Å²) in [6.07, 6.45) is 6.44. The van der Waals surface area contributed by atoms with Gasteiger partial charge in [-0.15, -0.1) is 0 Å². The number of carbonyl (C=O) groups is 1. The van der Waals surface area contributed by atoms with E-state index in [1.807, 2.05) is 58.9 Å². The second-order valence-corrected chi connectivity index (χ2v) is 13.7. The van der Waals surface area contributed by atoms with Crippen LogP contribution in [0.2, 0.25) is 0 Å². The molecule has 1 fully saturated rings. The number of nitrogens with zero attached hydrogens (tertiary/aromatic N) is 1. The van der Waals surface area contributed by atoms with Crippen molar-refractivity contribution < 1.29 is 23.4 Å². The van der Waals surface area contributed by atoms with Crippen LogP contribution in [-0.4, -0.2) is 34.5 Å². The van der Waals surface area contributed by atoms with Crippen LogP contribution in [0.1, 0.15) is 101 Å². The Hall–Kier alpha value is -3.55. The van der Waals surface area contributed by atoms with E-state index in [1.54, 1.807) is 0 Å². The summed E-state index contributed by atoms with van der Waals surface area (Å²) in [5.74, 6) is -1.31. The van der Waals surface area contributed by atoms with E-state index in [9.17, 15) is 9.18 Å². The van der Waals surface area contributed by atoms with Crippen molar-refractivity contribution in [1.29, 1.82) is 0 Å². The first-order valence-corrected chi connectivity index (χ1v) is 15.6. The van der Waals surface area contributed by atoms with Crippen LogP contribution in [0.5, 0.6) is 0 Å². The molecule has 2 heterocycles. The van der Waals surface area contributed by atoms with Crippen molar-refractivity contribution in [3.8, 4) is 11.1 Å². The SMILES string of the molecule is CC(C)c1nc2c(c(-c3ccc(F)cc3)c1C=C[C@@H]1C[C@H](CC(=O)OC(C)(C)C)OC(C)(C)O1)Cc1cccc(N)c1CC2. The monoisotopic (exact) mass is 600 g/mol. The molecule has 2 atom stereocenters. The summed E-state index contributed by atoms with van der Waals surface area (Å²) in [6.45, 7) is 13.6. The fourth-order valence-electron chi connectivity index (χ4n) is 6.38. The van der Waals surface area contributed by atoms with Crippen LogP contribution in [-0.2, 0) is 38.3 Å². The Morgan fingerprint density at radius 2 is 1.84 bits per heavy atom. The summed E-state index contributed by atoms with van der Waals surface area (Å²) in [6, 6.07) is 12.8. The largest absolute Gasteiger partial charge is 0.460 e. The summed E-state index contributed by atoms with van der Waals surface area (Å²) in [5.41, 5.74) is 15.2. The molecule has 7 heteroatoms. The van der Waals surface area contributed by atoms with Gasteiger partial charge in [0.1, 0.15) is 11.4 Å². The van der Waals surface area contributed by atoms with Gasteiger partial charge in [0.15, 0.2) is 5.79 Å². The van der Waals surface area contributed by atoms with Gasteiger partial charge in [-0.25, -0.2) is 4.39 Å². The zero-order valence-electron chi connectivity index (χ0n) is 27.0. The molecule has 1 aliphatic heterocycles. The van der Waals surface area contributed by atoms with E-state index < -0.39 is 11.4 Å². The second kappa shape index (κ2) is 12.4. The molecule has 2 N–H and O–H groups in total. The van der Waals surface area contributed by atoms with Gasteiger partial charge in [0.05, 0.1) is 24.3 Å². The fourth-order valence-corrected chi connectivity index (χ4v) is 6.38. The molecule has 0 saturated carbocycles. The van der Waals surface area contributed by atoms with Crippen molar-refractivity contribution in [2.75, 3.05) is 5.73 Å². The van der Waals surface area contributed by atoms with Crippen molar-refractivity contribution in [2.24, 2.45) is 0 Å². The Kier molecular flexibility index (Phi) is 9.01. The van der Waals surface area contributed by atoms with Gasteiger partial charge in [-0.2, -0.15) is 0 Å². The predicted molar refractivity (Wildman–Crippen MR) is 173 cm³/mol. The van der Waals surface area contributed by atoms with E-state index in [2.05, 4.69) is 32.1 Å². The number of pyridine rings is 1. The van der Waals surface area contributed by atoms with Gasteiger partial charge in [-0.3, -0.25) is 9.78 Å². The smallest absolute Gasteiger partial charge is 0.308 e. The van der Waals surface area contributed by atoms with Gasteiger partial charge in [0.25, 0.3) is 0 Å². The Morgan fingerprint density at radius 3 is 2.52 bits per heavy atom. The normalized spacial score (nSPS) is 19.8. The lowest BCUT2D eigenvalue weighted by Crippen LogP contribution is -2.45. The molecule has 0 unspecified atom stereocenters. The Bertz CT molecular complexity index is 1550. The highest BCUT2D eigenvalue weighted by molar-refractivity contribution is 5.81. The molecular weight excluding hydrogens is 555 g/mol. The molecule has 2 aromatic carbocycles. The summed E-state index contributed by atoms with van der Waals surface area (Å²) in [7, 11) is 0. The number of rotatable bonds is 6. The Labute approximate surface area is 260 Å². The van der Waals surface area contributed by atoms with Crippen LogP contribution >= 0.6 is 0 Å². The first-order valence-electron chi connectivity index (χ1n) is 15.6. The number of anilines is 1. The van der Waals surface area contributed by atoms with Crippen LogP contribution in [0.4, 0.5) is 10.1 Å². The lowest BCUT2D eigenvalue weighted by molar-refractivity contribution is -0.290. The van der Waals surface area contributed by atoms with Crippen LogP contribution in [0.3, 0.4) is 0 Å². The maximum Gasteiger partial charge on any atom is 0.308 e. The maximum atomic E-state index is 14.1. The highest BCUT2D eigenvalue weighted by Gasteiger charge is 2.36. The first-order chi connectivity index (χ1) is 20.7. The summed E-state index contributed by atoms with van der Waals surface area (Å²) in [5, 5.41) is 0. The summed E-state index contributed by atoms with van der Waals surface area (Å²) >= 11 is 0. The van der Waals surface area contributed by atoms with Crippen LogP contribution in [0.15, 0.2) is 48.5 Å². The van der Waals surface area contributed by atoms with E-state index in [0.29, 0.717) is 12.8 Å². The zero-order valence-corrected chi connectivity index (χ0v) is 27.0. The van der Waals surface area contributed by atoms with Gasteiger partial charge in [0.2, 0.25) is 0 Å². The third-order valence-corrected chi connectivity index (χ3v) is 8.09. The Morgan fingerprint density at radius 1 is 1.11 bits per heavy atom. The number of nitrogen functional groups attached to an aromatic ring is 1. The number of halogens is 1. The molecule has 0 bridgehead atoms. The number of nitrogens with two attached hydrogens (primary N) is 1. The number of esters is 1. The molecule has 0 spiro atoms. The van der Waals surface area contributed by atoms with E-state index >= 15 is 0 Å². The molecule has 44 heavy (non-hydrogen) atoms. The fraction of sp³-hybridized carbons (Fsp3) is 0.459. The molecule has 5 rings (SSSR count). The third-order valence-electron chi connectivity index (χ3n) is 8.09. The number of benzene rings is 2. The standard InChI is InChI=1S/C37H45FN2O4/c1-22(2)35-29(16-15-26-20-27(43-37(6,7)42-26)21-33(41)44-36(3,4)5)34(23-11-13-25(38)14-12-23)30-19-24-9-8-10-31(39)28(24)17-18-32(30)40-35/h8-16,22,26-27H,17-21,39H2,1-7H3/t26-,27-/m1/s1. The minimum Gasteiger partial charge on any atom is -0.460 e. The number of ether oxygens (including phenoxy) is 3. The molecule has 2 aliphatic rings.